The van der Waals surface area contributed by atoms with Gasteiger partial charge in [0.2, 0.25) is 0 Å². The summed E-state index contributed by atoms with van der Waals surface area (Å²) in [5.74, 6) is -0.524. The highest BCUT2D eigenvalue weighted by Gasteiger charge is 2.50. The molecule has 0 bridgehead atoms. The second-order valence-corrected chi connectivity index (χ2v) is 6.10. The zero-order chi connectivity index (χ0) is 14.2. The normalized spacial score (nSPS) is 35.8. The Hall–Kier alpha value is -0.940. The van der Waals surface area contributed by atoms with E-state index in [0.717, 1.165) is 6.54 Å². The Balaban J connectivity index is 1.65. The average molecular weight is 277 g/mol. The molecule has 1 aromatic rings. The van der Waals surface area contributed by atoms with Crippen molar-refractivity contribution in [3.05, 3.63) is 35.9 Å². The summed E-state index contributed by atoms with van der Waals surface area (Å²) in [6.45, 7) is 7.47. The number of hydrogen-bond donors (Lipinski definition) is 1. The fraction of sp³-hybridized carbons (Fsp3) is 0.625. The molecular weight excluding hydrogens is 254 g/mol. The summed E-state index contributed by atoms with van der Waals surface area (Å²) in [4.78, 5) is 0. The van der Waals surface area contributed by atoms with Crippen LogP contribution in [0.1, 0.15) is 26.3 Å². The van der Waals surface area contributed by atoms with Gasteiger partial charge in [0.05, 0.1) is 12.7 Å². The lowest BCUT2D eigenvalue weighted by atomic mass is 9.97. The number of benzene rings is 1. The third kappa shape index (κ3) is 2.88. The van der Waals surface area contributed by atoms with Gasteiger partial charge in [0.15, 0.2) is 5.79 Å². The van der Waals surface area contributed by atoms with Crippen LogP contribution >= 0.6 is 0 Å². The molecule has 2 fully saturated rings. The molecule has 0 aliphatic carbocycles. The van der Waals surface area contributed by atoms with Gasteiger partial charge in [-0.3, -0.25) is 0 Å². The molecule has 0 aromatic heterocycles. The standard InChI is InChI=1S/C16H23NO3/c1-11-14-15(20-16(2,3)19-14)13(9-17-11)18-10-12-7-5-4-6-8-12/h4-8,11,13-15,17H,9-10H2,1-3H3/t11-,13+,14-,15-/m1/s1. The second kappa shape index (κ2) is 5.45. The average Bonchev–Trinajstić information content (AvgIpc) is 2.76. The molecule has 110 valence electrons. The topological polar surface area (TPSA) is 39.7 Å². The van der Waals surface area contributed by atoms with Crippen molar-refractivity contribution in [2.45, 2.75) is 57.5 Å². The molecule has 0 amide bonds. The van der Waals surface area contributed by atoms with Gasteiger partial charge < -0.3 is 19.5 Å². The quantitative estimate of drug-likeness (QED) is 0.918. The predicted molar refractivity (Wildman–Crippen MR) is 76.3 cm³/mol. The molecule has 0 radical (unpaired) electrons. The summed E-state index contributed by atoms with van der Waals surface area (Å²) in [6.07, 6.45) is 0.0858. The Labute approximate surface area is 120 Å². The lowest BCUT2D eigenvalue weighted by Crippen LogP contribution is -2.57. The largest absolute Gasteiger partial charge is 0.369 e. The summed E-state index contributed by atoms with van der Waals surface area (Å²) in [5.41, 5.74) is 1.18. The van der Waals surface area contributed by atoms with E-state index in [0.29, 0.717) is 12.6 Å². The van der Waals surface area contributed by atoms with E-state index in [1.807, 2.05) is 32.0 Å². The summed E-state index contributed by atoms with van der Waals surface area (Å²) in [6, 6.07) is 10.5. The van der Waals surface area contributed by atoms with E-state index in [1.54, 1.807) is 0 Å². The van der Waals surface area contributed by atoms with Crippen LogP contribution in [0, 0.1) is 0 Å². The molecule has 0 unspecified atom stereocenters. The zero-order valence-corrected chi connectivity index (χ0v) is 12.3. The van der Waals surface area contributed by atoms with Crippen LogP contribution in [0.4, 0.5) is 0 Å². The van der Waals surface area contributed by atoms with Crippen molar-refractivity contribution in [1.82, 2.24) is 5.32 Å². The second-order valence-electron chi connectivity index (χ2n) is 6.10. The molecule has 0 spiro atoms. The molecule has 20 heavy (non-hydrogen) atoms. The molecule has 2 aliphatic rings. The maximum absolute atomic E-state index is 6.06. The molecular formula is C16H23NO3. The maximum atomic E-state index is 6.06. The lowest BCUT2D eigenvalue weighted by Gasteiger charge is -2.36. The van der Waals surface area contributed by atoms with Gasteiger partial charge >= 0.3 is 0 Å². The number of nitrogens with one attached hydrogen (secondary N) is 1. The number of piperidine rings is 1. The van der Waals surface area contributed by atoms with Crippen molar-refractivity contribution in [3.63, 3.8) is 0 Å². The first kappa shape index (κ1) is 14.0. The molecule has 2 saturated heterocycles. The highest BCUT2D eigenvalue weighted by molar-refractivity contribution is 5.13. The van der Waals surface area contributed by atoms with Gasteiger partial charge in [-0.05, 0) is 26.3 Å². The summed E-state index contributed by atoms with van der Waals surface area (Å²) in [7, 11) is 0. The van der Waals surface area contributed by atoms with Crippen LogP contribution in [0.15, 0.2) is 30.3 Å². The highest BCUT2D eigenvalue weighted by Crippen LogP contribution is 2.34. The Morgan fingerprint density at radius 2 is 1.90 bits per heavy atom. The van der Waals surface area contributed by atoms with Crippen molar-refractivity contribution < 1.29 is 14.2 Å². The summed E-state index contributed by atoms with van der Waals surface area (Å²) in [5, 5.41) is 3.45. The number of rotatable bonds is 3. The minimum Gasteiger partial charge on any atom is -0.369 e. The SMILES string of the molecule is C[C@H]1NC[C@H](OCc2ccccc2)[C@H]2OC(C)(C)O[C@@H]21. The fourth-order valence-electron chi connectivity index (χ4n) is 2.96. The molecule has 2 aliphatic heterocycles. The number of ether oxygens (including phenoxy) is 3. The zero-order valence-electron chi connectivity index (χ0n) is 12.3. The smallest absolute Gasteiger partial charge is 0.163 e. The van der Waals surface area contributed by atoms with Gasteiger partial charge in [-0.1, -0.05) is 30.3 Å². The van der Waals surface area contributed by atoms with Crippen LogP contribution in [0.25, 0.3) is 0 Å². The van der Waals surface area contributed by atoms with Gasteiger partial charge in [0.25, 0.3) is 0 Å². The Morgan fingerprint density at radius 1 is 1.20 bits per heavy atom. The van der Waals surface area contributed by atoms with Crippen LogP contribution < -0.4 is 5.32 Å². The first-order valence-corrected chi connectivity index (χ1v) is 7.30. The Kier molecular flexibility index (Phi) is 3.82. The van der Waals surface area contributed by atoms with Crippen LogP contribution in [-0.4, -0.2) is 36.7 Å². The number of fused-ring (bicyclic) bond motifs is 1. The van der Waals surface area contributed by atoms with E-state index in [1.165, 1.54) is 5.56 Å². The van der Waals surface area contributed by atoms with E-state index in [4.69, 9.17) is 14.2 Å². The fourth-order valence-corrected chi connectivity index (χ4v) is 2.96. The monoisotopic (exact) mass is 277 g/mol. The molecule has 4 heteroatoms. The third-order valence-corrected chi connectivity index (χ3v) is 3.97. The van der Waals surface area contributed by atoms with Gasteiger partial charge in [-0.25, -0.2) is 0 Å². The maximum Gasteiger partial charge on any atom is 0.163 e. The summed E-state index contributed by atoms with van der Waals surface area (Å²) < 4.78 is 18.1. The molecule has 2 heterocycles. The van der Waals surface area contributed by atoms with Crippen molar-refractivity contribution in [1.29, 1.82) is 0 Å². The van der Waals surface area contributed by atoms with E-state index < -0.39 is 5.79 Å². The van der Waals surface area contributed by atoms with E-state index in [2.05, 4.69) is 24.4 Å². The molecule has 1 N–H and O–H groups in total. The van der Waals surface area contributed by atoms with Gasteiger partial charge in [0, 0.05) is 12.6 Å². The molecule has 0 saturated carbocycles. The summed E-state index contributed by atoms with van der Waals surface area (Å²) >= 11 is 0. The van der Waals surface area contributed by atoms with Crippen molar-refractivity contribution in [3.8, 4) is 0 Å². The minimum absolute atomic E-state index is 0.00459. The van der Waals surface area contributed by atoms with Crippen molar-refractivity contribution in [2.24, 2.45) is 0 Å². The minimum atomic E-state index is -0.524. The van der Waals surface area contributed by atoms with E-state index in [-0.39, 0.29) is 18.3 Å². The van der Waals surface area contributed by atoms with Gasteiger partial charge in [0.1, 0.15) is 12.2 Å². The number of hydrogen-bond acceptors (Lipinski definition) is 4. The molecule has 3 rings (SSSR count). The highest BCUT2D eigenvalue weighted by atomic mass is 16.8. The lowest BCUT2D eigenvalue weighted by molar-refractivity contribution is -0.157. The van der Waals surface area contributed by atoms with Gasteiger partial charge in [-0.15, -0.1) is 0 Å². The van der Waals surface area contributed by atoms with Crippen LogP contribution in [-0.2, 0) is 20.8 Å². The first-order chi connectivity index (χ1) is 9.55. The van der Waals surface area contributed by atoms with Crippen LogP contribution in [0.2, 0.25) is 0 Å². The Bertz CT molecular complexity index is 448. The molecule has 4 nitrogen and oxygen atoms in total. The Morgan fingerprint density at radius 3 is 2.65 bits per heavy atom. The van der Waals surface area contributed by atoms with Gasteiger partial charge in [-0.2, -0.15) is 0 Å². The van der Waals surface area contributed by atoms with Crippen molar-refractivity contribution >= 4 is 0 Å². The van der Waals surface area contributed by atoms with E-state index >= 15 is 0 Å². The van der Waals surface area contributed by atoms with Crippen molar-refractivity contribution in [2.75, 3.05) is 6.54 Å². The van der Waals surface area contributed by atoms with Crippen LogP contribution in [0.5, 0.6) is 0 Å². The first-order valence-electron chi connectivity index (χ1n) is 7.30. The predicted octanol–water partition coefficient (Wildman–Crippen LogP) is 2.08. The van der Waals surface area contributed by atoms with Crippen LogP contribution in [0.3, 0.4) is 0 Å². The molecule has 1 aromatic carbocycles. The van der Waals surface area contributed by atoms with E-state index in [9.17, 15) is 0 Å². The molecule has 4 atom stereocenters. The third-order valence-electron chi connectivity index (χ3n) is 3.97.